The maximum Gasteiger partial charge on any atom is 0.304 e. The first-order valence-electron chi connectivity index (χ1n) is 12.2. The van der Waals surface area contributed by atoms with Crippen molar-refractivity contribution >= 4 is 32.2 Å². The molecule has 0 radical (unpaired) electrons. The zero-order chi connectivity index (χ0) is 23.5. The van der Waals surface area contributed by atoms with Crippen LogP contribution < -0.4 is 0 Å². The molecule has 0 unspecified atom stereocenters. The van der Waals surface area contributed by atoms with E-state index in [9.17, 15) is 22.9 Å². The van der Waals surface area contributed by atoms with E-state index in [1.165, 1.54) is 0 Å². The van der Waals surface area contributed by atoms with Crippen LogP contribution in [0.4, 0.5) is 0 Å². The third kappa shape index (κ3) is 6.66. The number of rotatable bonds is 18. The van der Waals surface area contributed by atoms with Crippen molar-refractivity contribution in [2.75, 3.05) is 5.75 Å². The summed E-state index contributed by atoms with van der Waals surface area (Å²) in [6.45, 7) is 12.9. The van der Waals surface area contributed by atoms with Crippen molar-refractivity contribution < 1.29 is 22.9 Å². The summed E-state index contributed by atoms with van der Waals surface area (Å²) in [5, 5.41) is 11.0. The van der Waals surface area contributed by atoms with Crippen molar-refractivity contribution in [1.82, 2.24) is 0 Å². The Morgan fingerprint density at radius 3 is 1.13 bits per heavy atom. The normalized spacial score (nSPS) is 13.6. The highest BCUT2D eigenvalue weighted by molar-refractivity contribution is 7.85. The third-order valence-corrected chi connectivity index (χ3v) is 24.5. The summed E-state index contributed by atoms with van der Waals surface area (Å²) in [5.74, 6) is -1.16. The van der Waals surface area contributed by atoms with Gasteiger partial charge >= 0.3 is 5.97 Å². The lowest BCUT2D eigenvalue weighted by molar-refractivity contribution is -0.138. The average molecular weight is 481 g/mol. The Hall–Kier alpha value is -0.186. The molecule has 0 aliphatic rings. The van der Waals surface area contributed by atoms with Crippen LogP contribution in [0.15, 0.2) is 0 Å². The molecule has 0 aliphatic carbocycles. The molecule has 0 aromatic rings. The van der Waals surface area contributed by atoms with E-state index in [-0.39, 0.29) is 6.42 Å². The fraction of sp³-hybridized carbons (Fsp3) is 0.955. The number of hydrogen-bond acceptors (Lipinski definition) is 3. The van der Waals surface area contributed by atoms with Crippen molar-refractivity contribution in [1.29, 1.82) is 0 Å². The largest absolute Gasteiger partial charge is 0.481 e. The molecule has 0 saturated carbocycles. The predicted molar refractivity (Wildman–Crippen MR) is 133 cm³/mol. The Morgan fingerprint density at radius 1 is 0.700 bits per heavy atom. The molecule has 5 nitrogen and oxygen atoms in total. The van der Waals surface area contributed by atoms with Gasteiger partial charge in [0.1, 0.15) is 0 Å². The second kappa shape index (κ2) is 13.4. The molecule has 180 valence electrons. The van der Waals surface area contributed by atoms with Crippen molar-refractivity contribution in [3.63, 3.8) is 0 Å². The van der Waals surface area contributed by atoms with Gasteiger partial charge in [-0.2, -0.15) is 8.42 Å². The summed E-state index contributed by atoms with van der Waals surface area (Å²) in [7, 11) is -9.02. The van der Waals surface area contributed by atoms with Crippen LogP contribution in [-0.4, -0.2) is 45.9 Å². The van der Waals surface area contributed by atoms with Crippen LogP contribution in [0.2, 0.25) is 40.9 Å². The molecule has 0 aromatic carbocycles. The Morgan fingerprint density at radius 2 is 0.967 bits per heavy atom. The molecule has 0 heterocycles. The lowest BCUT2D eigenvalue weighted by Crippen LogP contribution is -2.66. The number of aliphatic carboxylic acids is 1. The summed E-state index contributed by atoms with van der Waals surface area (Å²) >= 11 is 0. The van der Waals surface area contributed by atoms with E-state index in [1.54, 1.807) is 0 Å². The van der Waals surface area contributed by atoms with Crippen molar-refractivity contribution in [2.45, 2.75) is 127 Å². The Balaban J connectivity index is 7.31. The molecule has 0 aliphatic heterocycles. The maximum absolute atomic E-state index is 13.5. The van der Waals surface area contributed by atoms with E-state index in [4.69, 9.17) is 0 Å². The standard InChI is InChI=1S/C22H48O5SSi2/c1-7-15-29(16-8-2,17-9-3)22(21(23)24,13-14-28(25,26)27)30(18-10-4,19-11-5)20-12-6/h7-20H2,1-6H3,(H,23,24)(H,25,26,27). The molecule has 0 fully saturated rings. The highest BCUT2D eigenvalue weighted by Crippen LogP contribution is 2.60. The first-order valence-corrected chi connectivity index (χ1v) is 19.1. The van der Waals surface area contributed by atoms with Gasteiger partial charge in [0.05, 0.1) is 26.6 Å². The summed E-state index contributed by atoms with van der Waals surface area (Å²) in [5.41, 5.74) is 0. The van der Waals surface area contributed by atoms with Crippen molar-refractivity contribution in [2.24, 2.45) is 0 Å². The molecule has 0 rings (SSSR count). The van der Waals surface area contributed by atoms with Gasteiger partial charge in [-0.3, -0.25) is 9.35 Å². The third-order valence-electron chi connectivity index (χ3n) is 7.28. The second-order valence-electron chi connectivity index (χ2n) is 9.31. The second-order valence-corrected chi connectivity index (χ2v) is 21.2. The van der Waals surface area contributed by atoms with Gasteiger partial charge in [-0.15, -0.1) is 0 Å². The topological polar surface area (TPSA) is 91.7 Å². The molecule has 0 bridgehead atoms. The smallest absolute Gasteiger partial charge is 0.304 e. The summed E-state index contributed by atoms with van der Waals surface area (Å²) in [6, 6.07) is 5.66. The zero-order valence-electron chi connectivity index (χ0n) is 20.4. The monoisotopic (exact) mass is 480 g/mol. The van der Waals surface area contributed by atoms with E-state index >= 15 is 0 Å². The van der Waals surface area contributed by atoms with Crippen molar-refractivity contribution in [3.05, 3.63) is 0 Å². The first-order chi connectivity index (χ1) is 14.0. The Kier molecular flexibility index (Phi) is 13.3. The molecule has 8 heteroatoms. The molecule has 0 aromatic heterocycles. The van der Waals surface area contributed by atoms with Crippen LogP contribution in [-0.2, 0) is 14.9 Å². The van der Waals surface area contributed by atoms with Crippen LogP contribution in [0.5, 0.6) is 0 Å². The van der Waals surface area contributed by atoms with Crippen LogP contribution in [0.1, 0.15) is 86.5 Å². The molecule has 2 N–H and O–H groups in total. The van der Waals surface area contributed by atoms with Gasteiger partial charge in [0.25, 0.3) is 10.1 Å². The Bertz CT molecular complexity index is 547. The van der Waals surface area contributed by atoms with Gasteiger partial charge in [-0.25, -0.2) is 0 Å². The number of carbonyl (C=O) groups is 1. The SMILES string of the molecule is CCC[Si](CCC)(CCC)C(CCS(=O)(=O)O)(C(=O)O)[Si](CCC)(CCC)CCC. The van der Waals surface area contributed by atoms with Gasteiger partial charge in [0.2, 0.25) is 0 Å². The molecule has 0 spiro atoms. The molecule has 0 atom stereocenters. The van der Waals surface area contributed by atoms with Gasteiger partial charge in [-0.1, -0.05) is 116 Å². The minimum atomic E-state index is -4.22. The van der Waals surface area contributed by atoms with Crippen LogP contribution in [0.25, 0.3) is 0 Å². The van der Waals surface area contributed by atoms with Crippen LogP contribution in [0.3, 0.4) is 0 Å². The van der Waals surface area contributed by atoms with E-state index in [0.29, 0.717) is 0 Å². The first kappa shape index (κ1) is 29.8. The van der Waals surface area contributed by atoms with Crippen molar-refractivity contribution in [3.8, 4) is 0 Å². The number of hydrogen-bond donors (Lipinski definition) is 2. The number of carboxylic acid groups (broad SMARTS) is 1. The van der Waals surface area contributed by atoms with Gasteiger partial charge in [0.15, 0.2) is 0 Å². The van der Waals surface area contributed by atoms with E-state index in [0.717, 1.165) is 74.8 Å². The lowest BCUT2D eigenvalue weighted by atomic mass is 10.3. The van der Waals surface area contributed by atoms with E-state index in [1.807, 2.05) is 0 Å². The quantitative estimate of drug-likeness (QED) is 0.163. The fourth-order valence-corrected chi connectivity index (χ4v) is 26.5. The average Bonchev–Trinajstić information content (AvgIpc) is 2.62. The maximum atomic E-state index is 13.5. The van der Waals surface area contributed by atoms with Gasteiger partial charge in [0, 0.05) is 0 Å². The van der Waals surface area contributed by atoms with Crippen LogP contribution >= 0.6 is 0 Å². The molecule has 0 amide bonds. The molecular weight excluding hydrogens is 432 g/mol. The van der Waals surface area contributed by atoms with Gasteiger partial charge in [-0.05, 0) is 6.42 Å². The van der Waals surface area contributed by atoms with Gasteiger partial charge < -0.3 is 5.11 Å². The minimum Gasteiger partial charge on any atom is -0.481 e. The highest BCUT2D eigenvalue weighted by Gasteiger charge is 2.66. The minimum absolute atomic E-state index is 0.111. The Labute approximate surface area is 188 Å². The zero-order valence-corrected chi connectivity index (χ0v) is 23.2. The molecular formula is C22H48O5SSi2. The number of carboxylic acids is 1. The fourth-order valence-electron chi connectivity index (χ4n) is 6.84. The summed E-state index contributed by atoms with van der Waals surface area (Å²) in [6.07, 6.45) is 5.79. The van der Waals surface area contributed by atoms with E-state index in [2.05, 4.69) is 41.5 Å². The molecule has 30 heavy (non-hydrogen) atoms. The van der Waals surface area contributed by atoms with E-state index < -0.39 is 42.6 Å². The lowest BCUT2D eigenvalue weighted by Gasteiger charge is -2.57. The highest BCUT2D eigenvalue weighted by atomic mass is 32.2. The molecule has 0 saturated heterocycles. The summed E-state index contributed by atoms with van der Waals surface area (Å²) in [4.78, 5) is 13.5. The van der Waals surface area contributed by atoms with Crippen LogP contribution in [0, 0.1) is 0 Å². The predicted octanol–water partition coefficient (Wildman–Crippen LogP) is 6.99. The summed E-state index contributed by atoms with van der Waals surface area (Å²) < 4.78 is 32.6.